The highest BCUT2D eigenvalue weighted by atomic mass is 32.2. The van der Waals surface area contributed by atoms with Gasteiger partial charge in [-0.3, -0.25) is 14.4 Å². The van der Waals surface area contributed by atoms with Crippen molar-refractivity contribution >= 4 is 41.1 Å². The number of carbonyl (C=O) groups is 3. The van der Waals surface area contributed by atoms with Gasteiger partial charge in [-0.2, -0.15) is 0 Å². The number of carbonyl (C=O) groups excluding carboxylic acids is 3. The lowest BCUT2D eigenvalue weighted by molar-refractivity contribution is -0.136. The Morgan fingerprint density at radius 3 is 1.62 bits per heavy atom. The second-order valence-corrected chi connectivity index (χ2v) is 12.9. The molecule has 0 unspecified atom stereocenters. The Kier molecular flexibility index (Phi) is 7.52. The summed E-state index contributed by atoms with van der Waals surface area (Å²) in [7, 11) is 0. The van der Waals surface area contributed by atoms with Crippen LogP contribution in [0.2, 0.25) is 0 Å². The van der Waals surface area contributed by atoms with Gasteiger partial charge >= 0.3 is 5.97 Å². The fourth-order valence-electron chi connectivity index (χ4n) is 4.39. The number of fused-ring (bicyclic) bond motifs is 2. The number of hydrogen-bond donors (Lipinski definition) is 0. The molecule has 1 aliphatic rings. The molecule has 4 nitrogen and oxygen atoms in total. The summed E-state index contributed by atoms with van der Waals surface area (Å²) < 4.78 is 5.47. The van der Waals surface area contributed by atoms with E-state index in [-0.39, 0.29) is 23.0 Å². The summed E-state index contributed by atoms with van der Waals surface area (Å²) in [6.45, 7) is 8.00. The van der Waals surface area contributed by atoms with Crippen LogP contribution in [0, 0.1) is 12.3 Å². The average molecular weight is 553 g/mol. The second kappa shape index (κ2) is 10.9. The molecule has 4 aromatic carbocycles. The minimum absolute atomic E-state index is 0.140. The first-order valence-electron chi connectivity index (χ1n) is 12.7. The molecule has 6 heteroatoms. The Balaban J connectivity index is 1.40. The van der Waals surface area contributed by atoms with Gasteiger partial charge < -0.3 is 4.74 Å². The minimum atomic E-state index is -0.275. The van der Waals surface area contributed by atoms with Gasteiger partial charge in [0, 0.05) is 41.8 Å². The third-order valence-corrected chi connectivity index (χ3v) is 8.34. The third-order valence-electron chi connectivity index (χ3n) is 6.20. The zero-order valence-electron chi connectivity index (χ0n) is 22.2. The first-order valence-corrected chi connectivity index (χ1v) is 14.3. The van der Waals surface area contributed by atoms with Crippen LogP contribution in [0.5, 0.6) is 5.75 Å². The van der Waals surface area contributed by atoms with Crippen molar-refractivity contribution in [3.05, 3.63) is 113 Å². The lowest BCUT2D eigenvalue weighted by Crippen LogP contribution is -2.22. The number of benzene rings is 4. The van der Waals surface area contributed by atoms with E-state index >= 15 is 0 Å². The van der Waals surface area contributed by atoms with E-state index in [0.29, 0.717) is 39.3 Å². The van der Waals surface area contributed by atoms with Crippen molar-refractivity contribution in [1.29, 1.82) is 0 Å². The molecule has 196 valence electrons. The summed E-state index contributed by atoms with van der Waals surface area (Å²) in [5.74, 6) is -0.0923. The highest BCUT2D eigenvalue weighted by Gasteiger charge is 2.33. The summed E-state index contributed by atoms with van der Waals surface area (Å²) in [6.07, 6.45) is 0.322. The number of esters is 1. The molecule has 0 saturated heterocycles. The molecule has 0 N–H and O–H groups in total. The van der Waals surface area contributed by atoms with E-state index in [1.807, 2.05) is 88.4 Å². The number of rotatable bonds is 6. The van der Waals surface area contributed by atoms with Gasteiger partial charge in [0.05, 0.1) is 6.42 Å². The van der Waals surface area contributed by atoms with Crippen molar-refractivity contribution in [3.8, 4) is 5.75 Å². The summed E-state index contributed by atoms with van der Waals surface area (Å²) in [6, 6.07) is 26.2. The van der Waals surface area contributed by atoms with E-state index in [1.165, 1.54) is 23.5 Å². The molecule has 0 saturated carbocycles. The van der Waals surface area contributed by atoms with Gasteiger partial charge in [-0.15, -0.1) is 0 Å². The van der Waals surface area contributed by atoms with Crippen LogP contribution in [0.15, 0.2) is 105 Å². The lowest BCUT2D eigenvalue weighted by atomic mass is 9.84. The molecule has 0 bridgehead atoms. The third kappa shape index (κ3) is 6.02. The Labute approximate surface area is 237 Å². The molecule has 39 heavy (non-hydrogen) atoms. The SMILES string of the molecule is Cc1ccc(Sc2cccc3c2C(=O)c2cccc(Sc4ccc(OC(=O)CC(C)(C)C)cc4)c2C3=O)cc1. The molecule has 0 spiro atoms. The number of ketones is 2. The molecule has 4 aromatic rings. The zero-order valence-corrected chi connectivity index (χ0v) is 23.9. The predicted molar refractivity (Wildman–Crippen MR) is 155 cm³/mol. The van der Waals surface area contributed by atoms with Crippen molar-refractivity contribution in [2.45, 2.75) is 53.7 Å². The zero-order chi connectivity index (χ0) is 27.7. The van der Waals surface area contributed by atoms with Crippen molar-refractivity contribution in [2.75, 3.05) is 0 Å². The topological polar surface area (TPSA) is 60.4 Å². The standard InChI is InChI=1S/C33H28O4S2/c1-20-11-15-22(16-12-20)38-26-9-5-7-24-29(26)31(35)25-8-6-10-27(30(25)32(24)36)39-23-17-13-21(14-18-23)37-28(34)19-33(2,3)4/h5-18H,19H2,1-4H3. The molecule has 0 aliphatic heterocycles. The first-order chi connectivity index (χ1) is 18.6. The minimum Gasteiger partial charge on any atom is -0.427 e. The molecular weight excluding hydrogens is 524 g/mol. The van der Waals surface area contributed by atoms with Gasteiger partial charge in [-0.1, -0.05) is 86.3 Å². The largest absolute Gasteiger partial charge is 0.427 e. The highest BCUT2D eigenvalue weighted by molar-refractivity contribution is 7.99. The summed E-state index contributed by atoms with van der Waals surface area (Å²) in [5.41, 5.74) is 2.75. The van der Waals surface area contributed by atoms with Gasteiger partial charge in [-0.05, 0) is 60.9 Å². The molecule has 1 aliphatic carbocycles. The molecule has 0 fully saturated rings. The molecule has 0 amide bonds. The van der Waals surface area contributed by atoms with Crippen LogP contribution in [0.3, 0.4) is 0 Å². The van der Waals surface area contributed by atoms with Crippen LogP contribution in [0.4, 0.5) is 0 Å². The van der Waals surface area contributed by atoms with Crippen LogP contribution in [-0.4, -0.2) is 17.5 Å². The molecule has 0 heterocycles. The summed E-state index contributed by atoms with van der Waals surface area (Å²) in [5, 5.41) is 0. The van der Waals surface area contributed by atoms with Crippen LogP contribution in [0.1, 0.15) is 64.6 Å². The van der Waals surface area contributed by atoms with Crippen molar-refractivity contribution in [1.82, 2.24) is 0 Å². The van der Waals surface area contributed by atoms with E-state index < -0.39 is 0 Å². The Bertz CT molecular complexity index is 1580. The Hall–Kier alpha value is -3.61. The van der Waals surface area contributed by atoms with Crippen LogP contribution < -0.4 is 4.74 Å². The fourth-order valence-corrected chi connectivity index (χ4v) is 6.34. The molecule has 0 aromatic heterocycles. The Morgan fingerprint density at radius 2 is 1.15 bits per heavy atom. The first kappa shape index (κ1) is 27.0. The van der Waals surface area contributed by atoms with Crippen molar-refractivity contribution in [2.24, 2.45) is 5.41 Å². The van der Waals surface area contributed by atoms with E-state index in [1.54, 1.807) is 24.3 Å². The Morgan fingerprint density at radius 1 is 0.692 bits per heavy atom. The number of aryl methyl sites for hydroxylation is 1. The quantitative estimate of drug-likeness (QED) is 0.156. The summed E-state index contributed by atoms with van der Waals surface area (Å²) >= 11 is 2.90. The van der Waals surface area contributed by atoms with Crippen molar-refractivity contribution in [3.63, 3.8) is 0 Å². The average Bonchev–Trinajstić information content (AvgIpc) is 2.88. The van der Waals surface area contributed by atoms with E-state index in [0.717, 1.165) is 20.2 Å². The molecular formula is C33H28O4S2. The van der Waals surface area contributed by atoms with Gasteiger partial charge in [0.25, 0.3) is 0 Å². The van der Waals surface area contributed by atoms with Crippen LogP contribution >= 0.6 is 23.5 Å². The maximum absolute atomic E-state index is 13.8. The number of ether oxygens (including phenoxy) is 1. The lowest BCUT2D eigenvalue weighted by Gasteiger charge is -2.22. The smallest absolute Gasteiger partial charge is 0.311 e. The maximum Gasteiger partial charge on any atom is 0.311 e. The van der Waals surface area contributed by atoms with Crippen molar-refractivity contribution < 1.29 is 19.1 Å². The van der Waals surface area contributed by atoms with E-state index in [9.17, 15) is 14.4 Å². The molecule has 0 atom stereocenters. The van der Waals surface area contributed by atoms with E-state index in [2.05, 4.69) is 0 Å². The number of hydrogen-bond acceptors (Lipinski definition) is 6. The fraction of sp³-hybridized carbons (Fsp3) is 0.182. The monoisotopic (exact) mass is 552 g/mol. The normalized spacial score (nSPS) is 12.6. The van der Waals surface area contributed by atoms with Gasteiger partial charge in [0.2, 0.25) is 0 Å². The van der Waals surface area contributed by atoms with Gasteiger partial charge in [-0.25, -0.2) is 0 Å². The predicted octanol–water partition coefficient (Wildman–Crippen LogP) is 8.41. The van der Waals surface area contributed by atoms with Crippen LogP contribution in [0.25, 0.3) is 0 Å². The van der Waals surface area contributed by atoms with Gasteiger partial charge in [0.1, 0.15) is 5.75 Å². The van der Waals surface area contributed by atoms with Gasteiger partial charge in [0.15, 0.2) is 11.6 Å². The highest BCUT2D eigenvalue weighted by Crippen LogP contribution is 2.41. The second-order valence-electron chi connectivity index (χ2n) is 10.7. The van der Waals surface area contributed by atoms with Crippen LogP contribution in [-0.2, 0) is 4.79 Å². The molecule has 5 rings (SSSR count). The molecule has 0 radical (unpaired) electrons. The van der Waals surface area contributed by atoms with E-state index in [4.69, 9.17) is 4.74 Å². The maximum atomic E-state index is 13.8. The summed E-state index contributed by atoms with van der Waals surface area (Å²) in [4.78, 5) is 43.1.